The molecule has 0 atom stereocenters. The van der Waals surface area contributed by atoms with Crippen molar-refractivity contribution in [3.8, 4) is 0 Å². The third-order valence-corrected chi connectivity index (χ3v) is 8.64. The molecule has 0 aromatic carbocycles. The summed E-state index contributed by atoms with van der Waals surface area (Å²) >= 11 is -0.785. The fourth-order valence-electron chi connectivity index (χ4n) is 2.14. The van der Waals surface area contributed by atoms with Gasteiger partial charge in [-0.25, -0.2) is 0 Å². The first-order chi connectivity index (χ1) is 8.35. The Kier molecular flexibility index (Phi) is 9.68. The topological polar surface area (TPSA) is 0 Å². The van der Waals surface area contributed by atoms with Crippen LogP contribution in [0.25, 0.3) is 0 Å². The molecule has 0 heterocycles. The summed E-state index contributed by atoms with van der Waals surface area (Å²) in [6.45, 7) is 4.21. The summed E-state index contributed by atoms with van der Waals surface area (Å²) in [4.78, 5) is 0. The SMILES string of the molecule is C/C=C\C1=[C]([Hf+2][C]2=C(/C=C\C)C=CC2)CC=C1.[Cl-].[Cl-]. The molecule has 0 fully saturated rings. The molecule has 3 heteroatoms. The van der Waals surface area contributed by atoms with Crippen LogP contribution >= 0.6 is 0 Å². The zero-order valence-electron chi connectivity index (χ0n) is 11.3. The molecule has 2 aliphatic rings. The first-order valence-corrected chi connectivity index (χ1v) is 9.76. The van der Waals surface area contributed by atoms with E-state index < -0.39 is 22.9 Å². The Balaban J connectivity index is 0.00000162. The van der Waals surface area contributed by atoms with Crippen LogP contribution in [-0.2, 0) is 22.9 Å². The van der Waals surface area contributed by atoms with Crippen LogP contribution in [0, 0.1) is 0 Å². The number of allylic oxidation sites excluding steroid dienone is 12. The van der Waals surface area contributed by atoms with Crippen molar-refractivity contribution < 1.29 is 47.7 Å². The Hall–Kier alpha value is -0.110. The molecule has 0 aromatic rings. The molecule has 0 saturated heterocycles. The zero-order chi connectivity index (χ0) is 12.1. The van der Waals surface area contributed by atoms with Gasteiger partial charge in [-0.15, -0.1) is 0 Å². The molecule has 0 aromatic heterocycles. The molecular weight excluding hydrogens is 442 g/mol. The second-order valence-corrected chi connectivity index (χ2v) is 9.44. The van der Waals surface area contributed by atoms with Gasteiger partial charge in [0.1, 0.15) is 0 Å². The van der Waals surface area contributed by atoms with Gasteiger partial charge in [0.05, 0.1) is 0 Å². The number of hydrogen-bond acceptors (Lipinski definition) is 0. The van der Waals surface area contributed by atoms with E-state index in [1.807, 2.05) is 0 Å². The number of hydrogen-bond donors (Lipinski definition) is 0. The monoisotopic (exact) mass is 460 g/mol. The smallest absolute Gasteiger partial charge is 1.00 e. The molecule has 0 radical (unpaired) electrons. The molecule has 0 saturated carbocycles. The quantitative estimate of drug-likeness (QED) is 0.457. The van der Waals surface area contributed by atoms with Gasteiger partial charge >= 0.3 is 116 Å². The van der Waals surface area contributed by atoms with E-state index in [2.05, 4.69) is 62.5 Å². The Morgan fingerprint density at radius 2 is 1.26 bits per heavy atom. The fraction of sp³-hybridized carbons (Fsp3) is 0.250. The summed E-state index contributed by atoms with van der Waals surface area (Å²) in [6.07, 6.45) is 20.5. The van der Waals surface area contributed by atoms with Crippen LogP contribution in [0.3, 0.4) is 0 Å². The second kappa shape index (κ2) is 9.74. The van der Waals surface area contributed by atoms with Gasteiger partial charge in [-0.1, -0.05) is 0 Å². The predicted molar refractivity (Wildman–Crippen MR) is 71.2 cm³/mol. The van der Waals surface area contributed by atoms with Crippen LogP contribution < -0.4 is 24.8 Å². The maximum absolute atomic E-state index is 2.32. The maximum atomic E-state index is 2.32. The van der Waals surface area contributed by atoms with E-state index >= 15 is 0 Å². The van der Waals surface area contributed by atoms with Gasteiger partial charge in [-0.3, -0.25) is 0 Å². The minimum absolute atomic E-state index is 0. The van der Waals surface area contributed by atoms with Crippen molar-refractivity contribution in [1.29, 1.82) is 0 Å². The largest absolute Gasteiger partial charge is 1.00 e. The van der Waals surface area contributed by atoms with Gasteiger partial charge in [0, 0.05) is 0 Å². The van der Waals surface area contributed by atoms with Gasteiger partial charge in [-0.05, 0) is 0 Å². The van der Waals surface area contributed by atoms with E-state index in [4.69, 9.17) is 0 Å². The van der Waals surface area contributed by atoms with Gasteiger partial charge in [-0.2, -0.15) is 0 Å². The van der Waals surface area contributed by atoms with Crippen LogP contribution in [-0.4, -0.2) is 0 Å². The van der Waals surface area contributed by atoms with Crippen molar-refractivity contribution in [3.05, 3.63) is 66.4 Å². The maximum Gasteiger partial charge on any atom is -1.00 e. The van der Waals surface area contributed by atoms with Crippen molar-refractivity contribution in [2.75, 3.05) is 0 Å². The molecule has 100 valence electrons. The van der Waals surface area contributed by atoms with Crippen molar-refractivity contribution in [3.63, 3.8) is 0 Å². The molecule has 0 spiro atoms. The van der Waals surface area contributed by atoms with Crippen molar-refractivity contribution in [2.45, 2.75) is 26.7 Å². The number of halogens is 2. The van der Waals surface area contributed by atoms with Gasteiger partial charge < -0.3 is 24.8 Å². The molecule has 0 aliphatic heterocycles. The molecule has 19 heavy (non-hydrogen) atoms. The van der Waals surface area contributed by atoms with E-state index in [0.717, 1.165) is 0 Å². The van der Waals surface area contributed by atoms with Crippen molar-refractivity contribution in [2.24, 2.45) is 0 Å². The van der Waals surface area contributed by atoms with Crippen molar-refractivity contribution in [1.82, 2.24) is 0 Å². The molecule has 0 bridgehead atoms. The van der Waals surface area contributed by atoms with E-state index in [1.54, 1.807) is 6.66 Å². The normalized spacial score (nSPS) is 17.4. The summed E-state index contributed by atoms with van der Waals surface area (Å²) in [5, 5.41) is 0. The Labute approximate surface area is 140 Å². The summed E-state index contributed by atoms with van der Waals surface area (Å²) in [5.41, 5.74) is 2.99. The third-order valence-electron chi connectivity index (χ3n) is 2.93. The zero-order valence-corrected chi connectivity index (χ0v) is 16.4. The molecule has 0 nitrogen and oxygen atoms in total. The summed E-state index contributed by atoms with van der Waals surface area (Å²) < 4.78 is 3.51. The van der Waals surface area contributed by atoms with E-state index in [1.165, 1.54) is 24.0 Å². The Morgan fingerprint density at radius 3 is 1.63 bits per heavy atom. The first kappa shape index (κ1) is 18.9. The predicted octanol–water partition coefficient (Wildman–Crippen LogP) is -1.34. The van der Waals surface area contributed by atoms with E-state index in [0.29, 0.717) is 0 Å². The second-order valence-electron chi connectivity index (χ2n) is 4.21. The van der Waals surface area contributed by atoms with Crippen LogP contribution in [0.5, 0.6) is 0 Å². The Morgan fingerprint density at radius 1 is 0.842 bits per heavy atom. The molecule has 0 amide bonds. The average molecular weight is 460 g/mol. The summed E-state index contributed by atoms with van der Waals surface area (Å²) in [5.74, 6) is 0. The molecule has 2 rings (SSSR count). The van der Waals surface area contributed by atoms with Gasteiger partial charge in [0.2, 0.25) is 0 Å². The van der Waals surface area contributed by atoms with E-state index in [-0.39, 0.29) is 24.8 Å². The van der Waals surface area contributed by atoms with E-state index in [9.17, 15) is 0 Å². The van der Waals surface area contributed by atoms with Crippen LogP contribution in [0.4, 0.5) is 0 Å². The van der Waals surface area contributed by atoms with Gasteiger partial charge in [0.25, 0.3) is 0 Å². The molecular formula is C16H18Cl2Hf. The summed E-state index contributed by atoms with van der Waals surface area (Å²) in [6, 6.07) is 0. The minimum Gasteiger partial charge on any atom is -1.00 e. The first-order valence-electron chi connectivity index (χ1n) is 6.17. The fourth-order valence-corrected chi connectivity index (χ4v) is 7.27. The van der Waals surface area contributed by atoms with Crippen LogP contribution in [0.1, 0.15) is 26.7 Å². The molecule has 0 N–H and O–H groups in total. The number of rotatable bonds is 4. The standard InChI is InChI=1S/2C8H9.2ClH.Hf/c2*1-2-5-8-6-3-4-7-8;;;/h2*2-3,5-6H,4H2,1H3;2*1H;/q;;;;+2/p-2/b2*5-2-;;;. The molecule has 0 unspecified atom stereocenters. The minimum atomic E-state index is -0.785. The Bertz CT molecular complexity index is 433. The molecule has 2 aliphatic carbocycles. The van der Waals surface area contributed by atoms with Crippen molar-refractivity contribution >= 4 is 0 Å². The average Bonchev–Trinajstić information content (AvgIpc) is 2.92. The summed E-state index contributed by atoms with van der Waals surface area (Å²) in [7, 11) is 0. The van der Waals surface area contributed by atoms with Gasteiger partial charge in [0.15, 0.2) is 0 Å². The third kappa shape index (κ3) is 5.06. The van der Waals surface area contributed by atoms with Crippen LogP contribution in [0.2, 0.25) is 0 Å². The van der Waals surface area contributed by atoms with Crippen LogP contribution in [0.15, 0.2) is 66.4 Å².